The standard InChI is InChI=1S/C8H12F2N2S/c1-7(13(3,9)10)4-8(2,5-11)6-12/h7H,4H2,1-3H3. The molecule has 0 saturated heterocycles. The van der Waals surface area contributed by atoms with E-state index in [1.807, 2.05) is 0 Å². The van der Waals surface area contributed by atoms with Crippen LogP contribution in [0.25, 0.3) is 0 Å². The zero-order valence-corrected chi connectivity index (χ0v) is 8.66. The Hall–Kier alpha value is -0.810. The molecule has 0 fully saturated rings. The van der Waals surface area contributed by atoms with Gasteiger partial charge < -0.3 is 0 Å². The molecular formula is C8H12F2N2S. The number of hydrogen-bond acceptors (Lipinski definition) is 2. The molecule has 1 atom stereocenters. The van der Waals surface area contributed by atoms with Gasteiger partial charge in [-0.2, -0.15) is 18.3 Å². The molecule has 0 aliphatic rings. The molecule has 0 bridgehead atoms. The van der Waals surface area contributed by atoms with Crippen molar-refractivity contribution >= 4 is 10.8 Å². The number of nitriles is 2. The smallest absolute Gasteiger partial charge is 0.142 e. The molecule has 0 saturated carbocycles. The van der Waals surface area contributed by atoms with Crippen LogP contribution in [0.5, 0.6) is 0 Å². The van der Waals surface area contributed by atoms with Crippen molar-refractivity contribution in [1.29, 1.82) is 10.5 Å². The van der Waals surface area contributed by atoms with Gasteiger partial charge in [0.05, 0.1) is 22.9 Å². The van der Waals surface area contributed by atoms with Crippen LogP contribution in [-0.2, 0) is 0 Å². The van der Waals surface area contributed by atoms with Gasteiger partial charge in [-0.3, -0.25) is 0 Å². The van der Waals surface area contributed by atoms with Crippen LogP contribution in [-0.4, -0.2) is 11.5 Å². The van der Waals surface area contributed by atoms with Crippen LogP contribution in [0.15, 0.2) is 0 Å². The monoisotopic (exact) mass is 206 g/mol. The maximum atomic E-state index is 12.8. The maximum Gasteiger partial charge on any atom is 0.142 e. The fraction of sp³-hybridized carbons (Fsp3) is 0.750. The minimum Gasteiger partial charge on any atom is -0.197 e. The van der Waals surface area contributed by atoms with E-state index in [9.17, 15) is 7.77 Å². The quantitative estimate of drug-likeness (QED) is 0.712. The predicted octanol–water partition coefficient (Wildman–Crippen LogP) is 3.02. The highest BCUT2D eigenvalue weighted by Gasteiger charge is 2.34. The summed E-state index contributed by atoms with van der Waals surface area (Å²) < 4.78 is 25.6. The highest BCUT2D eigenvalue weighted by Crippen LogP contribution is 2.54. The summed E-state index contributed by atoms with van der Waals surface area (Å²) in [5, 5.41) is 16.3. The first-order valence-electron chi connectivity index (χ1n) is 3.74. The zero-order valence-electron chi connectivity index (χ0n) is 7.84. The van der Waals surface area contributed by atoms with Crippen molar-refractivity contribution in [1.82, 2.24) is 0 Å². The van der Waals surface area contributed by atoms with Gasteiger partial charge >= 0.3 is 0 Å². The Kier molecular flexibility index (Phi) is 3.69. The van der Waals surface area contributed by atoms with Gasteiger partial charge in [0, 0.05) is 11.5 Å². The van der Waals surface area contributed by atoms with Gasteiger partial charge in [-0.1, -0.05) is 6.92 Å². The lowest BCUT2D eigenvalue weighted by Gasteiger charge is -2.26. The largest absolute Gasteiger partial charge is 0.197 e. The second-order valence-corrected chi connectivity index (χ2v) is 5.72. The molecule has 0 radical (unpaired) electrons. The van der Waals surface area contributed by atoms with E-state index in [0.29, 0.717) is 0 Å². The highest BCUT2D eigenvalue weighted by molar-refractivity contribution is 8.25. The Bertz CT molecular complexity index is 245. The Balaban J connectivity index is 4.49. The van der Waals surface area contributed by atoms with E-state index in [1.54, 1.807) is 12.1 Å². The Labute approximate surface area is 79.1 Å². The van der Waals surface area contributed by atoms with Crippen LogP contribution in [0, 0.1) is 28.1 Å². The van der Waals surface area contributed by atoms with Crippen LogP contribution < -0.4 is 0 Å². The van der Waals surface area contributed by atoms with Crippen LogP contribution in [0.2, 0.25) is 0 Å². The molecule has 74 valence electrons. The molecule has 13 heavy (non-hydrogen) atoms. The second-order valence-electron chi connectivity index (χ2n) is 3.35. The summed E-state index contributed by atoms with van der Waals surface area (Å²) in [5.74, 6) is 0. The molecule has 0 aromatic rings. The molecule has 0 rings (SSSR count). The lowest BCUT2D eigenvalue weighted by Crippen LogP contribution is -2.19. The van der Waals surface area contributed by atoms with E-state index in [-0.39, 0.29) is 6.42 Å². The number of hydrogen-bond donors (Lipinski definition) is 0. The first-order valence-corrected chi connectivity index (χ1v) is 5.64. The summed E-state index contributed by atoms with van der Waals surface area (Å²) in [6, 6.07) is 3.50. The van der Waals surface area contributed by atoms with E-state index in [1.165, 1.54) is 13.8 Å². The van der Waals surface area contributed by atoms with Crippen LogP contribution in [0.4, 0.5) is 7.77 Å². The van der Waals surface area contributed by atoms with E-state index < -0.39 is 21.5 Å². The Morgan fingerprint density at radius 3 is 2.00 bits per heavy atom. The minimum absolute atomic E-state index is 0.0706. The van der Waals surface area contributed by atoms with Crippen molar-refractivity contribution in [3.63, 3.8) is 0 Å². The average Bonchev–Trinajstić information content (AvgIpc) is 2.02. The van der Waals surface area contributed by atoms with Crippen LogP contribution in [0.3, 0.4) is 0 Å². The first-order chi connectivity index (χ1) is 5.75. The second kappa shape index (κ2) is 3.93. The zero-order chi connectivity index (χ0) is 10.7. The average molecular weight is 206 g/mol. The van der Waals surface area contributed by atoms with Crippen LogP contribution in [0.1, 0.15) is 20.3 Å². The molecular weight excluding hydrogens is 194 g/mol. The topological polar surface area (TPSA) is 47.6 Å². The van der Waals surface area contributed by atoms with E-state index >= 15 is 0 Å². The molecule has 1 unspecified atom stereocenters. The molecule has 0 aliphatic heterocycles. The number of rotatable bonds is 3. The molecule has 0 aliphatic carbocycles. The van der Waals surface area contributed by atoms with Gasteiger partial charge in [-0.15, -0.1) is 0 Å². The summed E-state index contributed by atoms with van der Waals surface area (Å²) in [7, 11) is -3.66. The third-order valence-electron chi connectivity index (χ3n) is 1.90. The number of halogens is 2. The lowest BCUT2D eigenvalue weighted by atomic mass is 9.89. The molecule has 0 aromatic heterocycles. The Morgan fingerprint density at radius 1 is 1.38 bits per heavy atom. The summed E-state index contributed by atoms with van der Waals surface area (Å²) in [5.41, 5.74) is -1.29. The molecule has 0 spiro atoms. The van der Waals surface area contributed by atoms with E-state index in [4.69, 9.17) is 10.5 Å². The van der Waals surface area contributed by atoms with Crippen molar-refractivity contribution in [2.24, 2.45) is 5.41 Å². The van der Waals surface area contributed by atoms with E-state index in [0.717, 1.165) is 6.26 Å². The highest BCUT2D eigenvalue weighted by atomic mass is 32.3. The lowest BCUT2D eigenvalue weighted by molar-refractivity contribution is 0.511. The molecule has 0 amide bonds. The van der Waals surface area contributed by atoms with Crippen molar-refractivity contribution in [2.45, 2.75) is 25.5 Å². The van der Waals surface area contributed by atoms with Gasteiger partial charge in [0.15, 0.2) is 0 Å². The maximum absolute atomic E-state index is 12.8. The van der Waals surface area contributed by atoms with Gasteiger partial charge in [-0.05, 0) is 13.3 Å². The van der Waals surface area contributed by atoms with Crippen molar-refractivity contribution in [2.75, 3.05) is 6.26 Å². The fourth-order valence-electron chi connectivity index (χ4n) is 0.838. The summed E-state index contributed by atoms with van der Waals surface area (Å²) >= 11 is 0. The van der Waals surface area contributed by atoms with Gasteiger partial charge in [-0.25, -0.2) is 0 Å². The molecule has 0 heterocycles. The normalized spacial score (nSPS) is 15.6. The first kappa shape index (κ1) is 12.2. The number of nitrogens with zero attached hydrogens (tertiary/aromatic N) is 2. The van der Waals surface area contributed by atoms with Gasteiger partial charge in [0.1, 0.15) is 5.41 Å². The minimum atomic E-state index is -3.66. The fourth-order valence-corrected chi connectivity index (χ4v) is 1.46. The SMILES string of the molecule is CC(CC(C)(C#N)C#N)S(C)(F)F. The van der Waals surface area contributed by atoms with Gasteiger partial charge in [0.25, 0.3) is 0 Å². The summed E-state index contributed by atoms with van der Waals surface area (Å²) in [6.07, 6.45) is 0.811. The van der Waals surface area contributed by atoms with Crippen molar-refractivity contribution in [3.8, 4) is 12.1 Å². The van der Waals surface area contributed by atoms with Gasteiger partial charge in [0.2, 0.25) is 0 Å². The molecule has 0 N–H and O–H groups in total. The summed E-state index contributed by atoms with van der Waals surface area (Å²) in [6.45, 7) is 2.76. The predicted molar refractivity (Wildman–Crippen MR) is 49.1 cm³/mol. The van der Waals surface area contributed by atoms with Crippen molar-refractivity contribution < 1.29 is 7.77 Å². The third-order valence-corrected chi connectivity index (χ3v) is 3.48. The van der Waals surface area contributed by atoms with Crippen LogP contribution >= 0.6 is 10.8 Å². The van der Waals surface area contributed by atoms with E-state index in [2.05, 4.69) is 0 Å². The Morgan fingerprint density at radius 2 is 1.77 bits per heavy atom. The van der Waals surface area contributed by atoms with Crippen molar-refractivity contribution in [3.05, 3.63) is 0 Å². The third kappa shape index (κ3) is 3.61. The molecule has 5 heteroatoms. The summed E-state index contributed by atoms with van der Waals surface area (Å²) in [4.78, 5) is 0. The molecule has 2 nitrogen and oxygen atoms in total. The molecule has 0 aromatic carbocycles.